The van der Waals surface area contributed by atoms with Gasteiger partial charge in [-0.1, -0.05) is 61.3 Å². The molecule has 1 saturated heterocycles. The third kappa shape index (κ3) is 5.31. The van der Waals surface area contributed by atoms with Crippen LogP contribution in [0.5, 0.6) is 0 Å². The van der Waals surface area contributed by atoms with E-state index in [4.69, 9.17) is 33.9 Å². The molecule has 3 aromatic rings. The fourth-order valence-corrected chi connectivity index (χ4v) is 6.28. The highest BCUT2D eigenvalue weighted by atomic mass is 35.5. The molecule has 10 heteroatoms. The number of benzene rings is 3. The Labute approximate surface area is 241 Å². The van der Waals surface area contributed by atoms with E-state index in [1.807, 2.05) is 0 Å². The number of carbonyl (C=O) groups is 2. The highest BCUT2D eigenvalue weighted by Gasteiger charge is 2.55. The number of carboxylic acids is 1. The minimum atomic E-state index is -1.07. The lowest BCUT2D eigenvalue weighted by Gasteiger charge is -2.32. The van der Waals surface area contributed by atoms with Gasteiger partial charge in [-0.15, -0.1) is 0 Å². The van der Waals surface area contributed by atoms with Crippen LogP contribution in [-0.4, -0.2) is 52.3 Å². The zero-order chi connectivity index (χ0) is 28.7. The van der Waals surface area contributed by atoms with Crippen LogP contribution < -0.4 is 11.1 Å². The van der Waals surface area contributed by atoms with Crippen LogP contribution in [0.3, 0.4) is 0 Å². The first kappa shape index (κ1) is 28.1. The molecule has 0 aromatic heterocycles. The average molecular weight is 583 g/mol. The maximum absolute atomic E-state index is 15.6. The van der Waals surface area contributed by atoms with Crippen LogP contribution in [0, 0.1) is 11.7 Å². The van der Waals surface area contributed by atoms with Gasteiger partial charge in [0.1, 0.15) is 5.82 Å². The van der Waals surface area contributed by atoms with Gasteiger partial charge in [-0.05, 0) is 47.9 Å². The summed E-state index contributed by atoms with van der Waals surface area (Å²) in [5.41, 5.74) is 8.83. The summed E-state index contributed by atoms with van der Waals surface area (Å²) in [6.07, 6.45) is 0.466. The molecule has 0 spiro atoms. The molecule has 3 aromatic carbocycles. The summed E-state index contributed by atoms with van der Waals surface area (Å²) in [5, 5.41) is 12.8. The number of hydrogen-bond donors (Lipinski definition) is 3. The van der Waals surface area contributed by atoms with Gasteiger partial charge in [0.2, 0.25) is 5.91 Å². The summed E-state index contributed by atoms with van der Waals surface area (Å²) in [4.78, 5) is 32.5. The van der Waals surface area contributed by atoms with E-state index in [0.717, 1.165) is 0 Å². The maximum Gasteiger partial charge on any atom is 0.335 e. The zero-order valence-electron chi connectivity index (χ0n) is 21.9. The summed E-state index contributed by atoms with van der Waals surface area (Å²) in [7, 11) is 0. The van der Waals surface area contributed by atoms with Crippen molar-refractivity contribution in [3.8, 4) is 0 Å². The molecule has 2 aliphatic rings. The minimum Gasteiger partial charge on any atom is -0.478 e. The summed E-state index contributed by atoms with van der Waals surface area (Å²) in [6.45, 7) is 4.70. The molecule has 1 unspecified atom stereocenters. The largest absolute Gasteiger partial charge is 0.478 e. The summed E-state index contributed by atoms with van der Waals surface area (Å²) in [6, 6.07) is 14.8. The van der Waals surface area contributed by atoms with Crippen molar-refractivity contribution in [2.24, 2.45) is 10.9 Å². The molecule has 4 atom stereocenters. The molecule has 0 aliphatic carbocycles. The molecule has 7 nitrogen and oxygen atoms in total. The van der Waals surface area contributed by atoms with Gasteiger partial charge < -0.3 is 16.2 Å². The summed E-state index contributed by atoms with van der Waals surface area (Å²) >= 11 is 12.4. The zero-order valence-corrected chi connectivity index (χ0v) is 23.5. The van der Waals surface area contributed by atoms with Crippen molar-refractivity contribution >= 4 is 52.2 Å². The monoisotopic (exact) mass is 582 g/mol. The van der Waals surface area contributed by atoms with Crippen LogP contribution in [0.25, 0.3) is 0 Å². The maximum atomic E-state index is 15.6. The van der Waals surface area contributed by atoms with Crippen molar-refractivity contribution < 1.29 is 19.1 Å². The number of aromatic carboxylic acids is 1. The highest BCUT2D eigenvalue weighted by molar-refractivity contribution is 6.31. The second-order valence-corrected chi connectivity index (χ2v) is 11.5. The third-order valence-corrected chi connectivity index (χ3v) is 8.01. The molecule has 0 radical (unpaired) electrons. The van der Waals surface area contributed by atoms with Crippen molar-refractivity contribution in [3.05, 3.63) is 93.2 Å². The lowest BCUT2D eigenvalue weighted by Crippen LogP contribution is -2.47. The van der Waals surface area contributed by atoms with Gasteiger partial charge in [0.05, 0.1) is 22.7 Å². The Hall–Kier alpha value is -3.46. The smallest absolute Gasteiger partial charge is 0.335 e. The highest BCUT2D eigenvalue weighted by Crippen LogP contribution is 2.47. The molecule has 5 rings (SSSR count). The lowest BCUT2D eigenvalue weighted by molar-refractivity contribution is -0.121. The van der Waals surface area contributed by atoms with Gasteiger partial charge in [0.25, 0.3) is 0 Å². The predicted molar refractivity (Wildman–Crippen MR) is 156 cm³/mol. The fraction of sp³-hybridized carbons (Fsp3) is 0.300. The quantitative estimate of drug-likeness (QED) is 0.291. The van der Waals surface area contributed by atoms with Crippen molar-refractivity contribution in [2.75, 3.05) is 17.6 Å². The van der Waals surface area contributed by atoms with Crippen molar-refractivity contribution in [1.82, 2.24) is 4.90 Å². The number of carbonyl (C=O) groups excluding carboxylic acids is 1. The Kier molecular flexibility index (Phi) is 7.86. The molecule has 2 heterocycles. The normalized spacial score (nSPS) is 22.3. The Balaban J connectivity index is 1.60. The number of likely N-dealkylation sites (tertiary alicyclic amines) is 1. The van der Waals surface area contributed by atoms with E-state index >= 15 is 4.39 Å². The molecule has 208 valence electrons. The molecule has 40 heavy (non-hydrogen) atoms. The van der Waals surface area contributed by atoms with E-state index in [1.54, 1.807) is 42.5 Å². The van der Waals surface area contributed by atoms with E-state index in [2.05, 4.69) is 24.1 Å². The Bertz CT molecular complexity index is 1510. The lowest BCUT2D eigenvalue weighted by atomic mass is 9.86. The van der Waals surface area contributed by atoms with Crippen LogP contribution in [0.2, 0.25) is 10.0 Å². The molecule has 4 N–H and O–H groups in total. The van der Waals surface area contributed by atoms with Crippen LogP contribution in [0.15, 0.2) is 65.7 Å². The topological polar surface area (TPSA) is 108 Å². The van der Waals surface area contributed by atoms with Crippen molar-refractivity contribution in [3.63, 3.8) is 0 Å². The van der Waals surface area contributed by atoms with E-state index in [9.17, 15) is 14.7 Å². The first-order chi connectivity index (χ1) is 19.0. The van der Waals surface area contributed by atoms with Crippen LogP contribution in [0.1, 0.15) is 47.7 Å². The molecule has 1 fully saturated rings. The average Bonchev–Trinajstić information content (AvgIpc) is 3.43. The van der Waals surface area contributed by atoms with E-state index in [0.29, 0.717) is 46.2 Å². The minimum absolute atomic E-state index is 0.0268. The first-order valence-electron chi connectivity index (χ1n) is 13.0. The van der Waals surface area contributed by atoms with Gasteiger partial charge in [-0.2, -0.15) is 0 Å². The van der Waals surface area contributed by atoms with Crippen molar-refractivity contribution in [2.45, 2.75) is 44.3 Å². The SMILES string of the molecule is CC(C)CN1C2CC(c3ccc(C(=O)O)cc3N)=N[C@H]2[C@H](c2cccc(Cl)c2F)[C@@H]1C(=O)Nc1cccc(Cl)c1. The Morgan fingerprint density at radius 2 is 1.90 bits per heavy atom. The Morgan fingerprint density at radius 1 is 1.15 bits per heavy atom. The number of hydrogen-bond acceptors (Lipinski definition) is 5. The molecule has 2 aliphatic heterocycles. The fourth-order valence-electron chi connectivity index (χ4n) is 5.91. The molecular weight excluding hydrogens is 554 g/mol. The van der Waals surface area contributed by atoms with Crippen LogP contribution >= 0.6 is 23.2 Å². The number of nitrogens with two attached hydrogens (primary N) is 1. The molecular formula is C30H29Cl2FN4O3. The number of nitrogens with zero attached hydrogens (tertiary/aromatic N) is 2. The van der Waals surface area contributed by atoms with Gasteiger partial charge in [0.15, 0.2) is 0 Å². The Morgan fingerprint density at radius 3 is 2.58 bits per heavy atom. The van der Waals surface area contributed by atoms with E-state index in [1.165, 1.54) is 18.2 Å². The number of rotatable bonds is 7. The number of aliphatic imine (C=N–C) groups is 1. The summed E-state index contributed by atoms with van der Waals surface area (Å²) in [5.74, 6) is -2.37. The number of nitrogens with one attached hydrogen (secondary N) is 1. The number of halogens is 3. The second-order valence-electron chi connectivity index (χ2n) is 10.6. The molecule has 0 saturated carbocycles. The standard InChI is InChI=1S/C30H29Cl2FN4O3/c1-15(2)14-37-24-13-23(19-10-9-16(30(39)40)11-22(19)34)36-27(24)25(20-7-4-8-21(32)26(20)33)28(37)29(38)35-18-6-3-5-17(31)12-18/h3-12,15,24-25,27-28H,13-14,34H2,1-2H3,(H,35,38)(H,39,40)/t24?,25-,27+,28+/m0/s1. The number of fused-ring (bicyclic) bond motifs is 1. The number of amides is 1. The summed E-state index contributed by atoms with van der Waals surface area (Å²) < 4.78 is 15.6. The van der Waals surface area contributed by atoms with Gasteiger partial charge in [0, 0.05) is 52.6 Å². The van der Waals surface area contributed by atoms with Gasteiger partial charge >= 0.3 is 5.97 Å². The third-order valence-electron chi connectivity index (χ3n) is 7.48. The van der Waals surface area contributed by atoms with Gasteiger partial charge in [-0.25, -0.2) is 9.18 Å². The molecule has 0 bridgehead atoms. The van der Waals surface area contributed by atoms with E-state index < -0.39 is 29.8 Å². The van der Waals surface area contributed by atoms with Crippen LogP contribution in [-0.2, 0) is 4.79 Å². The van der Waals surface area contributed by atoms with Crippen molar-refractivity contribution in [1.29, 1.82) is 0 Å². The van der Waals surface area contributed by atoms with E-state index in [-0.39, 0.29) is 28.5 Å². The van der Waals surface area contributed by atoms with Crippen LogP contribution in [0.4, 0.5) is 15.8 Å². The first-order valence-corrected chi connectivity index (χ1v) is 13.8. The predicted octanol–water partition coefficient (Wildman–Crippen LogP) is 6.11. The number of carboxylic acid groups (broad SMARTS) is 1. The number of nitrogen functional groups attached to an aromatic ring is 1. The molecule has 1 amide bonds. The second kappa shape index (κ2) is 11.2. The van der Waals surface area contributed by atoms with Gasteiger partial charge in [-0.3, -0.25) is 14.7 Å². The number of anilines is 2.